The molecule has 1 unspecified atom stereocenters. The van der Waals surface area contributed by atoms with E-state index in [9.17, 15) is 4.79 Å². The highest BCUT2D eigenvalue weighted by Crippen LogP contribution is 2.24. The molecule has 2 aromatic rings. The number of nitrogens with zero attached hydrogens (tertiary/aromatic N) is 3. The predicted molar refractivity (Wildman–Crippen MR) is 105 cm³/mol. The second kappa shape index (κ2) is 8.81. The number of anilines is 1. The summed E-state index contributed by atoms with van der Waals surface area (Å²) < 4.78 is 0. The molecule has 1 saturated heterocycles. The fourth-order valence-corrected chi connectivity index (χ4v) is 3.68. The number of piperazine rings is 1. The Morgan fingerprint density at radius 1 is 1.19 bits per heavy atom. The van der Waals surface area contributed by atoms with E-state index in [1.165, 1.54) is 5.56 Å². The minimum atomic E-state index is -0.0770. The van der Waals surface area contributed by atoms with Crippen LogP contribution in [0.25, 0.3) is 0 Å². The number of hydrogen-bond acceptors (Lipinski definition) is 4. The Hall–Kier alpha value is -2.40. The molecule has 0 bridgehead atoms. The SMILES string of the molecule is CCCC1CN(c2ncccc2C(=O)NC)CCN1Cc1ccccc1. The lowest BCUT2D eigenvalue weighted by Gasteiger charge is -2.42. The van der Waals surface area contributed by atoms with Crippen molar-refractivity contribution in [2.45, 2.75) is 32.4 Å². The van der Waals surface area contributed by atoms with E-state index in [2.05, 4.69) is 57.4 Å². The first-order valence-corrected chi connectivity index (χ1v) is 9.43. The Kier molecular flexibility index (Phi) is 6.23. The maximum atomic E-state index is 12.2. The lowest BCUT2D eigenvalue weighted by atomic mass is 10.0. The maximum Gasteiger partial charge on any atom is 0.254 e. The van der Waals surface area contributed by atoms with Crippen molar-refractivity contribution in [1.29, 1.82) is 0 Å². The summed E-state index contributed by atoms with van der Waals surface area (Å²) in [7, 11) is 1.66. The van der Waals surface area contributed by atoms with Crippen LogP contribution in [0.3, 0.4) is 0 Å². The van der Waals surface area contributed by atoms with Crippen LogP contribution in [0.4, 0.5) is 5.82 Å². The molecule has 0 spiro atoms. The molecule has 5 heteroatoms. The summed E-state index contributed by atoms with van der Waals surface area (Å²) in [5.41, 5.74) is 2.01. The smallest absolute Gasteiger partial charge is 0.254 e. The third kappa shape index (κ3) is 4.22. The molecule has 26 heavy (non-hydrogen) atoms. The van der Waals surface area contributed by atoms with Crippen molar-refractivity contribution >= 4 is 11.7 Å². The molecule has 5 nitrogen and oxygen atoms in total. The van der Waals surface area contributed by atoms with Gasteiger partial charge in [-0.05, 0) is 24.1 Å². The van der Waals surface area contributed by atoms with Gasteiger partial charge in [0.1, 0.15) is 5.82 Å². The summed E-state index contributed by atoms with van der Waals surface area (Å²) in [4.78, 5) is 21.6. The van der Waals surface area contributed by atoms with Crippen LogP contribution in [0.1, 0.15) is 35.7 Å². The maximum absolute atomic E-state index is 12.2. The minimum absolute atomic E-state index is 0.0770. The highest BCUT2D eigenvalue weighted by Gasteiger charge is 2.29. The second-order valence-corrected chi connectivity index (χ2v) is 6.80. The Bertz CT molecular complexity index is 719. The van der Waals surface area contributed by atoms with E-state index in [0.29, 0.717) is 11.6 Å². The zero-order valence-electron chi connectivity index (χ0n) is 15.7. The monoisotopic (exact) mass is 352 g/mol. The van der Waals surface area contributed by atoms with Crippen LogP contribution in [0, 0.1) is 0 Å². The van der Waals surface area contributed by atoms with Gasteiger partial charge in [0.2, 0.25) is 0 Å². The molecule has 1 amide bonds. The van der Waals surface area contributed by atoms with Gasteiger partial charge in [0.05, 0.1) is 5.56 Å². The number of nitrogens with one attached hydrogen (secondary N) is 1. The molecule has 1 atom stereocenters. The van der Waals surface area contributed by atoms with E-state index >= 15 is 0 Å². The Morgan fingerprint density at radius 2 is 2.00 bits per heavy atom. The topological polar surface area (TPSA) is 48.5 Å². The van der Waals surface area contributed by atoms with Crippen molar-refractivity contribution in [3.8, 4) is 0 Å². The van der Waals surface area contributed by atoms with Crippen molar-refractivity contribution in [3.05, 3.63) is 59.8 Å². The summed E-state index contributed by atoms with van der Waals surface area (Å²) in [6, 6.07) is 14.8. The van der Waals surface area contributed by atoms with Crippen molar-refractivity contribution < 1.29 is 4.79 Å². The van der Waals surface area contributed by atoms with Gasteiger partial charge in [0.15, 0.2) is 0 Å². The molecule has 0 aliphatic carbocycles. The molecule has 1 N–H and O–H groups in total. The lowest BCUT2D eigenvalue weighted by Crippen LogP contribution is -2.53. The van der Waals surface area contributed by atoms with E-state index in [1.54, 1.807) is 13.2 Å². The van der Waals surface area contributed by atoms with Crippen molar-refractivity contribution in [1.82, 2.24) is 15.2 Å². The van der Waals surface area contributed by atoms with E-state index in [0.717, 1.165) is 44.8 Å². The Balaban J connectivity index is 1.77. The van der Waals surface area contributed by atoms with Gasteiger partial charge in [0, 0.05) is 45.5 Å². The van der Waals surface area contributed by atoms with E-state index in [-0.39, 0.29) is 5.91 Å². The Morgan fingerprint density at radius 3 is 2.73 bits per heavy atom. The molecule has 0 radical (unpaired) electrons. The van der Waals surface area contributed by atoms with Gasteiger partial charge in [-0.1, -0.05) is 43.7 Å². The van der Waals surface area contributed by atoms with Crippen molar-refractivity contribution in [3.63, 3.8) is 0 Å². The van der Waals surface area contributed by atoms with Crippen LogP contribution < -0.4 is 10.2 Å². The Labute approximate surface area is 156 Å². The third-order valence-corrected chi connectivity index (χ3v) is 5.01. The van der Waals surface area contributed by atoms with Gasteiger partial charge in [-0.3, -0.25) is 9.69 Å². The average molecular weight is 352 g/mol. The number of aromatic nitrogens is 1. The number of hydrogen-bond donors (Lipinski definition) is 1. The molecule has 0 saturated carbocycles. The minimum Gasteiger partial charge on any atom is -0.355 e. The summed E-state index contributed by atoms with van der Waals surface area (Å²) in [5, 5.41) is 2.72. The molecule has 3 rings (SSSR count). The van der Waals surface area contributed by atoms with Gasteiger partial charge in [-0.2, -0.15) is 0 Å². The van der Waals surface area contributed by atoms with Crippen LogP contribution in [0.15, 0.2) is 48.7 Å². The molecule has 1 aromatic carbocycles. The largest absolute Gasteiger partial charge is 0.355 e. The van der Waals surface area contributed by atoms with Gasteiger partial charge >= 0.3 is 0 Å². The molecule has 1 aliphatic rings. The summed E-state index contributed by atoms with van der Waals surface area (Å²) in [6.45, 7) is 5.97. The van der Waals surface area contributed by atoms with Crippen molar-refractivity contribution in [2.24, 2.45) is 0 Å². The normalized spacial score (nSPS) is 17.9. The predicted octanol–water partition coefficient (Wildman–Crippen LogP) is 2.93. The summed E-state index contributed by atoms with van der Waals surface area (Å²) in [6.07, 6.45) is 4.06. The quantitative estimate of drug-likeness (QED) is 0.868. The summed E-state index contributed by atoms with van der Waals surface area (Å²) in [5.74, 6) is 0.721. The van der Waals surface area contributed by atoms with Crippen molar-refractivity contribution in [2.75, 3.05) is 31.6 Å². The molecule has 1 fully saturated rings. The number of carbonyl (C=O) groups excluding carboxylic acids is 1. The number of pyridine rings is 1. The second-order valence-electron chi connectivity index (χ2n) is 6.80. The first-order valence-electron chi connectivity index (χ1n) is 9.43. The van der Waals surface area contributed by atoms with Gasteiger partial charge in [-0.15, -0.1) is 0 Å². The van der Waals surface area contributed by atoms with Crippen LogP contribution in [-0.4, -0.2) is 48.5 Å². The molecule has 2 heterocycles. The zero-order valence-corrected chi connectivity index (χ0v) is 15.7. The van der Waals surface area contributed by atoms with E-state index in [1.807, 2.05) is 12.1 Å². The number of benzene rings is 1. The fraction of sp³-hybridized carbons (Fsp3) is 0.429. The van der Waals surface area contributed by atoms with Crippen LogP contribution in [0.5, 0.6) is 0 Å². The van der Waals surface area contributed by atoms with Crippen LogP contribution in [0.2, 0.25) is 0 Å². The first kappa shape index (κ1) is 18.4. The zero-order chi connectivity index (χ0) is 18.4. The van der Waals surface area contributed by atoms with E-state index in [4.69, 9.17) is 0 Å². The highest BCUT2D eigenvalue weighted by atomic mass is 16.1. The number of amides is 1. The number of carbonyl (C=O) groups is 1. The summed E-state index contributed by atoms with van der Waals surface area (Å²) >= 11 is 0. The fourth-order valence-electron chi connectivity index (χ4n) is 3.68. The van der Waals surface area contributed by atoms with Crippen LogP contribution in [-0.2, 0) is 6.54 Å². The lowest BCUT2D eigenvalue weighted by molar-refractivity contribution is 0.0962. The molecular weight excluding hydrogens is 324 g/mol. The van der Waals surface area contributed by atoms with Crippen LogP contribution >= 0.6 is 0 Å². The third-order valence-electron chi connectivity index (χ3n) is 5.01. The number of rotatable bonds is 6. The average Bonchev–Trinajstić information content (AvgIpc) is 2.69. The molecule has 1 aromatic heterocycles. The van der Waals surface area contributed by atoms with Gasteiger partial charge in [-0.25, -0.2) is 4.98 Å². The van der Waals surface area contributed by atoms with Gasteiger partial charge in [0.25, 0.3) is 5.91 Å². The molecule has 1 aliphatic heterocycles. The molecular formula is C21H28N4O. The first-order chi connectivity index (χ1) is 12.7. The molecule has 138 valence electrons. The standard InChI is InChI=1S/C21H28N4O/c1-3-8-18-16-25(20-19(21(26)22-2)11-7-12-23-20)14-13-24(18)15-17-9-5-4-6-10-17/h4-7,9-12,18H,3,8,13-16H2,1-2H3,(H,22,26). The van der Waals surface area contributed by atoms with Gasteiger partial charge < -0.3 is 10.2 Å². The van der Waals surface area contributed by atoms with E-state index < -0.39 is 0 Å². The highest BCUT2D eigenvalue weighted by molar-refractivity contribution is 5.98.